The first-order chi connectivity index (χ1) is 20.7. The molecule has 0 aromatic heterocycles. The van der Waals surface area contributed by atoms with Crippen LogP contribution >= 0.6 is 22.6 Å². The molecule has 11 nitrogen and oxygen atoms in total. The highest BCUT2D eigenvalue weighted by molar-refractivity contribution is 14.1. The molecule has 0 atom stereocenters. The molecular weight excluding hydrogens is 669 g/mol. The monoisotopic (exact) mass is 699 g/mol. The number of ether oxygens (including phenoxy) is 4. The van der Waals surface area contributed by atoms with E-state index >= 15 is 0 Å². The zero-order valence-corrected chi connectivity index (χ0v) is 25.9. The zero-order chi connectivity index (χ0) is 30.9. The SMILES string of the molecule is CCCOc1ccc(N2C(=O)NC(=O)/C(=C\c3cc(I)c(OCC(=O)Nc4ccccc4)c(OC)c3)C2=O)cc1OCC. The second kappa shape index (κ2) is 14.5. The third-order valence-corrected chi connectivity index (χ3v) is 6.82. The maximum Gasteiger partial charge on any atom is 0.335 e. The highest BCUT2D eigenvalue weighted by Gasteiger charge is 2.37. The van der Waals surface area contributed by atoms with Crippen LogP contribution < -0.4 is 34.5 Å². The van der Waals surface area contributed by atoms with E-state index in [0.717, 1.165) is 11.3 Å². The molecule has 0 saturated carbocycles. The minimum atomic E-state index is -0.887. The van der Waals surface area contributed by atoms with Crippen LogP contribution in [0.4, 0.5) is 16.2 Å². The first-order valence-corrected chi connectivity index (χ1v) is 14.5. The van der Waals surface area contributed by atoms with E-state index < -0.39 is 17.8 Å². The molecule has 1 aliphatic rings. The van der Waals surface area contributed by atoms with Gasteiger partial charge in [-0.1, -0.05) is 25.1 Å². The number of urea groups is 1. The molecule has 224 valence electrons. The molecule has 3 aromatic rings. The third-order valence-electron chi connectivity index (χ3n) is 6.02. The lowest BCUT2D eigenvalue weighted by Gasteiger charge is -2.27. The van der Waals surface area contributed by atoms with Gasteiger partial charge in [-0.05, 0) is 84.0 Å². The molecule has 12 heteroatoms. The highest BCUT2D eigenvalue weighted by atomic mass is 127. The third kappa shape index (κ3) is 7.63. The summed E-state index contributed by atoms with van der Waals surface area (Å²) >= 11 is 2.01. The number of carbonyl (C=O) groups excluding carboxylic acids is 4. The molecule has 1 saturated heterocycles. The van der Waals surface area contributed by atoms with Gasteiger partial charge in [0.2, 0.25) is 0 Å². The van der Waals surface area contributed by atoms with Crippen molar-refractivity contribution < 1.29 is 38.1 Å². The Morgan fingerprint density at radius 1 is 0.953 bits per heavy atom. The van der Waals surface area contributed by atoms with Gasteiger partial charge in [0.15, 0.2) is 29.6 Å². The maximum atomic E-state index is 13.5. The first-order valence-electron chi connectivity index (χ1n) is 13.4. The molecule has 5 amide bonds. The molecule has 0 spiro atoms. The van der Waals surface area contributed by atoms with E-state index in [9.17, 15) is 19.2 Å². The standard InChI is InChI=1S/C31H30IN3O8/c1-4-13-42-24-12-11-21(17-25(24)41-5-2)35-30(38)22(29(37)34-31(35)39)14-19-15-23(32)28(26(16-19)40-3)43-18-27(36)33-20-9-7-6-8-10-20/h6-12,14-17H,4-5,13,18H2,1-3H3,(H,33,36)(H,34,37,39)/b22-14+. The summed E-state index contributed by atoms with van der Waals surface area (Å²) in [5.41, 5.74) is 1.02. The summed E-state index contributed by atoms with van der Waals surface area (Å²) in [6.45, 7) is 4.31. The molecule has 0 radical (unpaired) electrons. The molecule has 1 aliphatic heterocycles. The van der Waals surface area contributed by atoms with Gasteiger partial charge in [0.25, 0.3) is 17.7 Å². The van der Waals surface area contributed by atoms with Gasteiger partial charge < -0.3 is 24.3 Å². The molecule has 0 unspecified atom stereocenters. The molecular formula is C31H30IN3O8. The van der Waals surface area contributed by atoms with Crippen LogP contribution in [0.2, 0.25) is 0 Å². The molecule has 2 N–H and O–H groups in total. The number of carbonyl (C=O) groups is 4. The molecule has 0 aliphatic carbocycles. The maximum absolute atomic E-state index is 13.5. The van der Waals surface area contributed by atoms with Gasteiger partial charge >= 0.3 is 6.03 Å². The number of barbiturate groups is 1. The molecule has 1 heterocycles. The van der Waals surface area contributed by atoms with E-state index in [1.165, 1.54) is 19.3 Å². The number of anilines is 2. The van der Waals surface area contributed by atoms with Gasteiger partial charge in [0.05, 0.1) is 29.6 Å². The molecule has 0 bridgehead atoms. The number of imide groups is 2. The van der Waals surface area contributed by atoms with Gasteiger partial charge in [0, 0.05) is 11.8 Å². The van der Waals surface area contributed by atoms with E-state index in [-0.39, 0.29) is 29.5 Å². The fourth-order valence-electron chi connectivity index (χ4n) is 4.11. The average molecular weight is 699 g/mol. The number of halogens is 1. The van der Waals surface area contributed by atoms with Crippen molar-refractivity contribution in [3.8, 4) is 23.0 Å². The Balaban J connectivity index is 1.58. The van der Waals surface area contributed by atoms with E-state index in [1.54, 1.807) is 55.5 Å². The number of nitrogens with one attached hydrogen (secondary N) is 2. The topological polar surface area (TPSA) is 132 Å². The Labute approximate surface area is 262 Å². The van der Waals surface area contributed by atoms with Gasteiger partial charge in [0.1, 0.15) is 5.57 Å². The fourth-order valence-corrected chi connectivity index (χ4v) is 4.89. The summed E-state index contributed by atoms with van der Waals surface area (Å²) in [7, 11) is 1.43. The Morgan fingerprint density at radius 2 is 1.72 bits per heavy atom. The molecule has 43 heavy (non-hydrogen) atoms. The minimum absolute atomic E-state index is 0.206. The van der Waals surface area contributed by atoms with Crippen LogP contribution in [-0.2, 0) is 14.4 Å². The van der Waals surface area contributed by atoms with Crippen LogP contribution in [-0.4, -0.2) is 50.7 Å². The summed E-state index contributed by atoms with van der Waals surface area (Å²) in [6.07, 6.45) is 2.15. The number of amides is 5. The van der Waals surface area contributed by atoms with Crippen molar-refractivity contribution in [2.45, 2.75) is 20.3 Å². The van der Waals surface area contributed by atoms with Gasteiger partial charge in [-0.25, -0.2) is 9.69 Å². The van der Waals surface area contributed by atoms with Crippen LogP contribution in [0.1, 0.15) is 25.8 Å². The van der Waals surface area contributed by atoms with Crippen molar-refractivity contribution in [3.05, 3.63) is 75.4 Å². The van der Waals surface area contributed by atoms with Gasteiger partial charge in [-0.3, -0.25) is 19.7 Å². The summed E-state index contributed by atoms with van der Waals surface area (Å²) in [6, 6.07) is 16.0. The van der Waals surface area contributed by atoms with Crippen LogP contribution in [0.25, 0.3) is 6.08 Å². The lowest BCUT2D eigenvalue weighted by atomic mass is 10.1. The van der Waals surface area contributed by atoms with Crippen molar-refractivity contribution in [3.63, 3.8) is 0 Å². The number of nitrogens with zero attached hydrogens (tertiary/aromatic N) is 1. The number of methoxy groups -OCH3 is 1. The number of hydrogen-bond acceptors (Lipinski definition) is 8. The quantitative estimate of drug-likeness (QED) is 0.150. The number of rotatable bonds is 12. The van der Waals surface area contributed by atoms with Gasteiger partial charge in [-0.15, -0.1) is 0 Å². The first kappa shape index (κ1) is 31.3. The second-order valence-corrected chi connectivity index (χ2v) is 10.3. The van der Waals surface area contributed by atoms with E-state index in [4.69, 9.17) is 18.9 Å². The predicted molar refractivity (Wildman–Crippen MR) is 169 cm³/mol. The smallest absolute Gasteiger partial charge is 0.335 e. The van der Waals surface area contributed by atoms with Gasteiger partial charge in [-0.2, -0.15) is 0 Å². The van der Waals surface area contributed by atoms with E-state index in [0.29, 0.717) is 45.3 Å². The molecule has 3 aromatic carbocycles. The normalized spacial score (nSPS) is 13.9. The average Bonchev–Trinajstić information content (AvgIpc) is 2.98. The predicted octanol–water partition coefficient (Wildman–Crippen LogP) is 5.17. The zero-order valence-electron chi connectivity index (χ0n) is 23.8. The number of hydrogen-bond donors (Lipinski definition) is 2. The highest BCUT2D eigenvalue weighted by Crippen LogP contribution is 2.36. The second-order valence-electron chi connectivity index (χ2n) is 9.11. The fraction of sp³-hybridized carbons (Fsp3) is 0.226. The summed E-state index contributed by atoms with van der Waals surface area (Å²) < 4.78 is 23.2. The lowest BCUT2D eigenvalue weighted by molar-refractivity contribution is -0.122. The Bertz CT molecular complexity index is 1560. The molecule has 1 fully saturated rings. The largest absolute Gasteiger partial charge is 0.493 e. The van der Waals surface area contributed by atoms with Crippen molar-refractivity contribution in [1.82, 2.24) is 5.32 Å². The van der Waals surface area contributed by atoms with Crippen molar-refractivity contribution in [2.75, 3.05) is 37.1 Å². The summed E-state index contributed by atoms with van der Waals surface area (Å²) in [4.78, 5) is 52.3. The Hall–Kier alpha value is -4.59. The van der Waals surface area contributed by atoms with Crippen LogP contribution in [0.3, 0.4) is 0 Å². The van der Waals surface area contributed by atoms with Crippen LogP contribution in [0.5, 0.6) is 23.0 Å². The van der Waals surface area contributed by atoms with Crippen molar-refractivity contribution in [1.29, 1.82) is 0 Å². The van der Waals surface area contributed by atoms with Crippen molar-refractivity contribution in [2.24, 2.45) is 0 Å². The number of para-hydroxylation sites is 1. The Kier molecular flexibility index (Phi) is 10.6. The van der Waals surface area contributed by atoms with Crippen LogP contribution in [0, 0.1) is 3.57 Å². The van der Waals surface area contributed by atoms with E-state index in [1.807, 2.05) is 35.6 Å². The molecule has 4 rings (SSSR count). The summed E-state index contributed by atoms with van der Waals surface area (Å²) in [5.74, 6) is -0.571. The Morgan fingerprint density at radius 3 is 2.42 bits per heavy atom. The van der Waals surface area contributed by atoms with E-state index in [2.05, 4.69) is 10.6 Å². The van der Waals surface area contributed by atoms with Crippen LogP contribution in [0.15, 0.2) is 66.2 Å². The number of benzene rings is 3. The summed E-state index contributed by atoms with van der Waals surface area (Å²) in [5, 5.41) is 4.96. The lowest BCUT2D eigenvalue weighted by Crippen LogP contribution is -2.54. The van der Waals surface area contributed by atoms with Crippen molar-refractivity contribution >= 4 is 63.8 Å². The minimum Gasteiger partial charge on any atom is -0.493 e.